The van der Waals surface area contributed by atoms with Crippen molar-refractivity contribution in [2.75, 3.05) is 20.2 Å². The zero-order chi connectivity index (χ0) is 24.7. The summed E-state index contributed by atoms with van der Waals surface area (Å²) < 4.78 is 19.7. The van der Waals surface area contributed by atoms with E-state index in [-0.39, 0.29) is 53.1 Å². The van der Waals surface area contributed by atoms with Crippen LogP contribution < -0.4 is 15.4 Å². The van der Waals surface area contributed by atoms with Crippen LogP contribution in [0.5, 0.6) is 5.75 Å². The highest BCUT2D eigenvalue weighted by Gasteiger charge is 2.50. The summed E-state index contributed by atoms with van der Waals surface area (Å²) in [7, 11) is 1.48. The molecule has 1 aromatic carbocycles. The Morgan fingerprint density at radius 2 is 2.17 bits per heavy atom. The number of likely N-dealkylation sites (tertiary alicyclic amines) is 1. The van der Waals surface area contributed by atoms with Crippen molar-refractivity contribution < 1.29 is 23.5 Å². The standard InChI is InChI=1S/C25H28FN5O4/c1-35-20-6-5-18(26)21-17(20)10-19(30-21)25(34)31-12-14-3-2-4-16(14)22(31)24(33)29-15(11-27)9-13-7-8-28-23(13)32/h5-6,10,13-16,22,30H,2-4,7-9,12H2,1H3,(H,28,32)(H,29,33)/t13-,14-,15?,16-,22-/m0/s1. The largest absolute Gasteiger partial charge is 0.496 e. The number of fused-ring (bicyclic) bond motifs is 2. The number of hydrogen-bond acceptors (Lipinski definition) is 5. The highest BCUT2D eigenvalue weighted by atomic mass is 19.1. The van der Waals surface area contributed by atoms with Crippen LogP contribution in [0.25, 0.3) is 10.9 Å². The van der Waals surface area contributed by atoms with Crippen molar-refractivity contribution in [1.82, 2.24) is 20.5 Å². The van der Waals surface area contributed by atoms with Crippen LogP contribution in [0.2, 0.25) is 0 Å². The Balaban J connectivity index is 1.39. The molecule has 5 atom stereocenters. The van der Waals surface area contributed by atoms with Crippen LogP contribution in [0.3, 0.4) is 0 Å². The van der Waals surface area contributed by atoms with E-state index in [9.17, 15) is 24.0 Å². The number of carbonyl (C=O) groups is 3. The number of aromatic amines is 1. The lowest BCUT2D eigenvalue weighted by molar-refractivity contribution is -0.127. The van der Waals surface area contributed by atoms with E-state index in [1.165, 1.54) is 19.2 Å². The van der Waals surface area contributed by atoms with Gasteiger partial charge in [0, 0.05) is 24.4 Å². The Morgan fingerprint density at radius 3 is 2.89 bits per heavy atom. The van der Waals surface area contributed by atoms with E-state index in [4.69, 9.17) is 4.74 Å². The lowest BCUT2D eigenvalue weighted by atomic mass is 9.92. The molecule has 3 fully saturated rings. The number of amides is 3. The number of ether oxygens (including phenoxy) is 1. The van der Waals surface area contributed by atoms with E-state index in [2.05, 4.69) is 21.7 Å². The summed E-state index contributed by atoms with van der Waals surface area (Å²) in [5, 5.41) is 15.6. The maximum atomic E-state index is 14.4. The smallest absolute Gasteiger partial charge is 0.271 e. The summed E-state index contributed by atoms with van der Waals surface area (Å²) in [5.41, 5.74) is 0.355. The molecule has 3 amide bonds. The van der Waals surface area contributed by atoms with E-state index in [1.807, 2.05) is 0 Å². The molecule has 2 saturated heterocycles. The zero-order valence-electron chi connectivity index (χ0n) is 19.5. The number of nitrogens with zero attached hydrogens (tertiary/aromatic N) is 2. The monoisotopic (exact) mass is 481 g/mol. The van der Waals surface area contributed by atoms with Crippen molar-refractivity contribution in [2.45, 2.75) is 44.2 Å². The second-order valence-corrected chi connectivity index (χ2v) is 9.68. The molecule has 2 aliphatic heterocycles. The number of aromatic nitrogens is 1. The van der Waals surface area contributed by atoms with Crippen molar-refractivity contribution in [3.63, 3.8) is 0 Å². The number of hydrogen-bond donors (Lipinski definition) is 3. The van der Waals surface area contributed by atoms with Gasteiger partial charge in [0.25, 0.3) is 5.91 Å². The number of nitrogens with one attached hydrogen (secondary N) is 3. The average Bonchev–Trinajstić information content (AvgIpc) is 3.62. The fraction of sp³-hybridized carbons (Fsp3) is 0.520. The Hall–Kier alpha value is -3.61. The molecule has 3 aliphatic rings. The normalized spacial score (nSPS) is 26.3. The van der Waals surface area contributed by atoms with Gasteiger partial charge in [0.2, 0.25) is 11.8 Å². The van der Waals surface area contributed by atoms with Crippen molar-refractivity contribution in [3.05, 3.63) is 29.7 Å². The highest BCUT2D eigenvalue weighted by molar-refractivity contribution is 6.02. The number of benzene rings is 1. The molecule has 35 heavy (non-hydrogen) atoms. The SMILES string of the molecule is COc1ccc(F)c2[nH]c(C(=O)N3C[C@@H]4CCC[C@@H]4[C@H]3C(=O)NC(C#N)C[C@@H]3CCNC3=O)cc12. The molecule has 0 radical (unpaired) electrons. The summed E-state index contributed by atoms with van der Waals surface area (Å²) in [6.07, 6.45) is 3.61. The van der Waals surface area contributed by atoms with Crippen LogP contribution in [0, 0.1) is 34.9 Å². The van der Waals surface area contributed by atoms with E-state index in [0.29, 0.717) is 30.6 Å². The van der Waals surface area contributed by atoms with Gasteiger partial charge in [-0.2, -0.15) is 5.26 Å². The van der Waals surface area contributed by atoms with Gasteiger partial charge in [0.1, 0.15) is 29.3 Å². The lowest BCUT2D eigenvalue weighted by Crippen LogP contribution is -2.51. The number of rotatable bonds is 6. The first-order valence-electron chi connectivity index (χ1n) is 12.0. The molecule has 0 spiro atoms. The van der Waals surface area contributed by atoms with Gasteiger partial charge in [-0.25, -0.2) is 4.39 Å². The maximum Gasteiger partial charge on any atom is 0.271 e. The van der Waals surface area contributed by atoms with Crippen LogP contribution in [0.4, 0.5) is 4.39 Å². The van der Waals surface area contributed by atoms with Crippen LogP contribution in [0.1, 0.15) is 42.6 Å². The third-order valence-corrected chi connectivity index (χ3v) is 7.73. The molecule has 0 bridgehead atoms. The second kappa shape index (κ2) is 9.21. The minimum atomic E-state index is -0.819. The van der Waals surface area contributed by atoms with Crippen molar-refractivity contribution in [1.29, 1.82) is 5.26 Å². The predicted octanol–water partition coefficient (Wildman–Crippen LogP) is 2.09. The van der Waals surface area contributed by atoms with Crippen LogP contribution >= 0.6 is 0 Å². The summed E-state index contributed by atoms with van der Waals surface area (Å²) in [6.45, 7) is 0.999. The van der Waals surface area contributed by atoms with Crippen molar-refractivity contribution in [3.8, 4) is 11.8 Å². The summed E-state index contributed by atoms with van der Waals surface area (Å²) in [4.78, 5) is 43.4. The fourth-order valence-corrected chi connectivity index (χ4v) is 6.01. The van der Waals surface area contributed by atoms with Gasteiger partial charge in [-0.3, -0.25) is 14.4 Å². The maximum absolute atomic E-state index is 14.4. The molecule has 3 heterocycles. The number of carbonyl (C=O) groups excluding carboxylic acids is 3. The van der Waals surface area contributed by atoms with Gasteiger partial charge < -0.3 is 25.3 Å². The van der Waals surface area contributed by atoms with E-state index < -0.39 is 17.9 Å². The number of methoxy groups -OCH3 is 1. The number of halogens is 1. The molecular formula is C25H28FN5O4. The molecule has 2 aromatic rings. The molecule has 5 rings (SSSR count). The van der Waals surface area contributed by atoms with E-state index in [0.717, 1.165) is 19.3 Å². The topological polar surface area (TPSA) is 127 Å². The Bertz CT molecular complexity index is 1220. The summed E-state index contributed by atoms with van der Waals surface area (Å²) in [5.74, 6) is -1.03. The minimum absolute atomic E-state index is 0.00345. The van der Waals surface area contributed by atoms with Gasteiger partial charge >= 0.3 is 0 Å². The van der Waals surface area contributed by atoms with Gasteiger partial charge in [0.05, 0.1) is 18.7 Å². The molecule has 10 heteroatoms. The van der Waals surface area contributed by atoms with Crippen LogP contribution in [0.15, 0.2) is 18.2 Å². The summed E-state index contributed by atoms with van der Waals surface area (Å²) >= 11 is 0. The number of H-pyrrole nitrogens is 1. The first-order valence-corrected chi connectivity index (χ1v) is 12.0. The zero-order valence-corrected chi connectivity index (χ0v) is 19.5. The van der Waals surface area contributed by atoms with Crippen molar-refractivity contribution >= 4 is 28.6 Å². The average molecular weight is 482 g/mol. The van der Waals surface area contributed by atoms with Crippen LogP contribution in [-0.2, 0) is 9.59 Å². The van der Waals surface area contributed by atoms with Gasteiger partial charge in [-0.1, -0.05) is 6.42 Å². The Morgan fingerprint density at radius 1 is 1.34 bits per heavy atom. The molecule has 1 unspecified atom stereocenters. The molecule has 3 N–H and O–H groups in total. The van der Waals surface area contributed by atoms with E-state index in [1.54, 1.807) is 11.0 Å². The molecular weight excluding hydrogens is 453 g/mol. The predicted molar refractivity (Wildman–Crippen MR) is 124 cm³/mol. The van der Waals surface area contributed by atoms with E-state index >= 15 is 0 Å². The fourth-order valence-electron chi connectivity index (χ4n) is 6.01. The third kappa shape index (κ3) is 4.09. The quantitative estimate of drug-likeness (QED) is 0.582. The lowest BCUT2D eigenvalue weighted by Gasteiger charge is -2.28. The van der Waals surface area contributed by atoms with Gasteiger partial charge in [0.15, 0.2) is 0 Å². The number of nitriles is 1. The molecule has 1 aliphatic carbocycles. The molecule has 1 aromatic heterocycles. The molecule has 184 valence electrons. The Kier molecular flexibility index (Phi) is 6.09. The first-order chi connectivity index (χ1) is 16.9. The Labute approximate surface area is 202 Å². The second-order valence-electron chi connectivity index (χ2n) is 9.68. The highest BCUT2D eigenvalue weighted by Crippen LogP contribution is 2.43. The van der Waals surface area contributed by atoms with Crippen LogP contribution in [-0.4, -0.2) is 59.9 Å². The summed E-state index contributed by atoms with van der Waals surface area (Å²) in [6, 6.07) is 4.89. The molecule has 1 saturated carbocycles. The minimum Gasteiger partial charge on any atom is -0.496 e. The van der Waals surface area contributed by atoms with Gasteiger partial charge in [-0.05, 0) is 55.7 Å². The van der Waals surface area contributed by atoms with Crippen molar-refractivity contribution in [2.24, 2.45) is 17.8 Å². The van der Waals surface area contributed by atoms with Gasteiger partial charge in [-0.15, -0.1) is 0 Å². The third-order valence-electron chi connectivity index (χ3n) is 7.73. The first kappa shape index (κ1) is 23.1. The molecule has 9 nitrogen and oxygen atoms in total.